The molecule has 4 rings (SSSR count). The second-order valence-corrected chi connectivity index (χ2v) is 9.25. The van der Waals surface area contributed by atoms with Gasteiger partial charge in [-0.05, 0) is 37.8 Å². The van der Waals surface area contributed by atoms with E-state index in [2.05, 4.69) is 4.98 Å². The molecule has 2 fully saturated rings. The van der Waals surface area contributed by atoms with Gasteiger partial charge in [-0.3, -0.25) is 9.78 Å². The van der Waals surface area contributed by atoms with E-state index in [1.54, 1.807) is 6.20 Å². The molecule has 2 aromatic rings. The summed E-state index contributed by atoms with van der Waals surface area (Å²) in [6.45, 7) is 0. The lowest BCUT2D eigenvalue weighted by Gasteiger charge is -2.27. The molecular weight excluding hydrogens is 322 g/mol. The molecule has 1 aromatic heterocycles. The van der Waals surface area contributed by atoms with E-state index in [0.717, 1.165) is 24.1 Å². The van der Waals surface area contributed by atoms with Crippen LogP contribution >= 0.6 is 0 Å². The molecular formula is C19H19NO3S. The highest BCUT2D eigenvalue weighted by Crippen LogP contribution is 2.42. The molecule has 0 spiro atoms. The third-order valence-electron chi connectivity index (χ3n) is 5.34. The Morgan fingerprint density at radius 2 is 1.62 bits per heavy atom. The van der Waals surface area contributed by atoms with Gasteiger partial charge in [0.05, 0.1) is 16.2 Å². The summed E-state index contributed by atoms with van der Waals surface area (Å²) in [6, 6.07) is 13.2. The van der Waals surface area contributed by atoms with Gasteiger partial charge in [-0.2, -0.15) is 0 Å². The Balaban J connectivity index is 1.54. The number of nitrogens with zero attached hydrogens (tertiary/aromatic N) is 1. The number of hydrogen-bond donors (Lipinski definition) is 0. The smallest absolute Gasteiger partial charge is 0.166 e. The van der Waals surface area contributed by atoms with Gasteiger partial charge in [-0.15, -0.1) is 0 Å². The van der Waals surface area contributed by atoms with Crippen LogP contribution in [0, 0.1) is 5.92 Å². The van der Waals surface area contributed by atoms with E-state index in [1.807, 2.05) is 42.5 Å². The zero-order chi connectivity index (χ0) is 16.7. The molecule has 124 valence electrons. The third-order valence-corrected chi connectivity index (χ3v) is 8.05. The molecule has 2 aliphatic heterocycles. The first-order valence-electron chi connectivity index (χ1n) is 8.34. The molecule has 2 atom stereocenters. The minimum Gasteiger partial charge on any atom is -0.294 e. The average molecular weight is 341 g/mol. The van der Waals surface area contributed by atoms with Crippen molar-refractivity contribution in [2.45, 2.75) is 36.2 Å². The predicted octanol–water partition coefficient (Wildman–Crippen LogP) is 3.29. The molecule has 1 aromatic carbocycles. The van der Waals surface area contributed by atoms with E-state index in [9.17, 15) is 13.2 Å². The monoisotopic (exact) mass is 341 g/mol. The van der Waals surface area contributed by atoms with Crippen molar-refractivity contribution < 1.29 is 13.2 Å². The summed E-state index contributed by atoms with van der Waals surface area (Å²) in [7, 11) is -2.98. The van der Waals surface area contributed by atoms with Gasteiger partial charge in [0, 0.05) is 23.2 Å². The first-order chi connectivity index (χ1) is 11.6. The summed E-state index contributed by atoms with van der Waals surface area (Å²) < 4.78 is 24.3. The van der Waals surface area contributed by atoms with Crippen LogP contribution in [0.1, 0.15) is 36.0 Å². The van der Waals surface area contributed by atoms with Gasteiger partial charge in [0.2, 0.25) is 0 Å². The van der Waals surface area contributed by atoms with Crippen LogP contribution in [0.2, 0.25) is 0 Å². The first kappa shape index (κ1) is 15.5. The maximum Gasteiger partial charge on any atom is 0.166 e. The summed E-state index contributed by atoms with van der Waals surface area (Å²) in [6.07, 6.45) is 4.15. The molecule has 3 heterocycles. The Morgan fingerprint density at radius 1 is 0.958 bits per heavy atom. The van der Waals surface area contributed by atoms with Crippen LogP contribution in [-0.4, -0.2) is 29.7 Å². The van der Waals surface area contributed by atoms with Crippen molar-refractivity contribution in [3.8, 4) is 11.3 Å². The summed E-state index contributed by atoms with van der Waals surface area (Å²) in [5, 5.41) is -0.615. The van der Waals surface area contributed by atoms with E-state index in [4.69, 9.17) is 0 Å². The fourth-order valence-corrected chi connectivity index (χ4v) is 6.47. The normalized spacial score (nSPS) is 27.8. The van der Waals surface area contributed by atoms with Gasteiger partial charge in [0.1, 0.15) is 0 Å². The number of carbonyl (C=O) groups is 1. The molecule has 0 radical (unpaired) electrons. The Morgan fingerprint density at radius 3 is 2.21 bits per heavy atom. The highest BCUT2D eigenvalue weighted by atomic mass is 32.2. The van der Waals surface area contributed by atoms with Crippen LogP contribution in [0.15, 0.2) is 48.7 Å². The second-order valence-electron chi connectivity index (χ2n) is 6.74. The van der Waals surface area contributed by atoms with Crippen molar-refractivity contribution in [3.63, 3.8) is 0 Å². The minimum atomic E-state index is -2.98. The van der Waals surface area contributed by atoms with Crippen LogP contribution in [0.4, 0.5) is 0 Å². The van der Waals surface area contributed by atoms with Crippen molar-refractivity contribution >= 4 is 15.6 Å². The number of carbonyl (C=O) groups excluding carboxylic acids is 1. The molecule has 2 saturated heterocycles. The van der Waals surface area contributed by atoms with Crippen LogP contribution in [0.25, 0.3) is 11.3 Å². The maximum absolute atomic E-state index is 12.8. The lowest BCUT2D eigenvalue weighted by Crippen LogP contribution is -2.36. The lowest BCUT2D eigenvalue weighted by atomic mass is 9.90. The molecule has 24 heavy (non-hydrogen) atoms. The highest BCUT2D eigenvalue weighted by molar-refractivity contribution is 7.93. The van der Waals surface area contributed by atoms with Gasteiger partial charge in [-0.25, -0.2) is 8.42 Å². The van der Waals surface area contributed by atoms with E-state index in [0.29, 0.717) is 18.4 Å². The largest absolute Gasteiger partial charge is 0.294 e. The van der Waals surface area contributed by atoms with Crippen molar-refractivity contribution in [1.29, 1.82) is 0 Å². The van der Waals surface area contributed by atoms with Gasteiger partial charge in [-0.1, -0.05) is 30.3 Å². The standard InChI is InChI=1S/C19H19NO3S/c21-19(15-11-16-8-9-17(12-15)24(16,22)23)14-6-4-13(5-7-14)18-3-1-2-10-20-18/h1-7,10,15-17H,8-9,11-12H2. The van der Waals surface area contributed by atoms with Crippen LogP contribution < -0.4 is 0 Å². The molecule has 0 aliphatic carbocycles. The van der Waals surface area contributed by atoms with E-state index < -0.39 is 9.84 Å². The van der Waals surface area contributed by atoms with E-state index in [1.165, 1.54) is 0 Å². The van der Waals surface area contributed by atoms with Crippen molar-refractivity contribution in [1.82, 2.24) is 4.98 Å². The molecule has 5 heteroatoms. The first-order valence-corrected chi connectivity index (χ1v) is 9.95. The number of hydrogen-bond acceptors (Lipinski definition) is 4. The summed E-state index contributed by atoms with van der Waals surface area (Å²) in [5.74, 6) is -0.0823. The Kier molecular flexibility index (Phi) is 3.76. The molecule has 2 bridgehead atoms. The number of ketones is 1. The summed E-state index contributed by atoms with van der Waals surface area (Å²) in [5.41, 5.74) is 2.51. The fourth-order valence-electron chi connectivity index (χ4n) is 4.00. The van der Waals surface area contributed by atoms with Crippen LogP contribution in [0.3, 0.4) is 0 Å². The number of rotatable bonds is 3. The number of pyridine rings is 1. The van der Waals surface area contributed by atoms with Crippen LogP contribution in [0.5, 0.6) is 0 Å². The fraction of sp³-hybridized carbons (Fsp3) is 0.368. The minimum absolute atomic E-state index is 0.0781. The molecule has 0 saturated carbocycles. The molecule has 4 nitrogen and oxygen atoms in total. The second kappa shape index (κ2) is 5.81. The van der Waals surface area contributed by atoms with Crippen molar-refractivity contribution in [2.24, 2.45) is 5.92 Å². The van der Waals surface area contributed by atoms with Gasteiger partial charge >= 0.3 is 0 Å². The third kappa shape index (κ3) is 2.57. The molecule has 0 amide bonds. The summed E-state index contributed by atoms with van der Waals surface area (Å²) >= 11 is 0. The zero-order valence-corrected chi connectivity index (χ0v) is 14.1. The zero-order valence-electron chi connectivity index (χ0n) is 13.3. The number of Topliss-reactive ketones (excluding diaryl/α,β-unsaturated/α-hetero) is 1. The molecule has 2 aliphatic rings. The summed E-state index contributed by atoms with van der Waals surface area (Å²) in [4.78, 5) is 17.1. The number of sulfone groups is 1. The van der Waals surface area contributed by atoms with Gasteiger partial charge in [0.25, 0.3) is 0 Å². The van der Waals surface area contributed by atoms with Crippen LogP contribution in [-0.2, 0) is 9.84 Å². The quantitative estimate of drug-likeness (QED) is 0.804. The van der Waals surface area contributed by atoms with Crippen molar-refractivity contribution in [3.05, 3.63) is 54.2 Å². The number of benzene rings is 1. The Bertz CT molecular complexity index is 839. The molecule has 0 N–H and O–H groups in total. The predicted molar refractivity (Wildman–Crippen MR) is 92.5 cm³/mol. The maximum atomic E-state index is 12.8. The van der Waals surface area contributed by atoms with Gasteiger partial charge < -0.3 is 0 Å². The van der Waals surface area contributed by atoms with E-state index >= 15 is 0 Å². The lowest BCUT2D eigenvalue weighted by molar-refractivity contribution is 0.0905. The average Bonchev–Trinajstić information content (AvgIpc) is 2.80. The Labute approximate surface area is 141 Å². The number of aromatic nitrogens is 1. The number of fused-ring (bicyclic) bond motifs is 2. The molecule has 2 unspecified atom stereocenters. The Hall–Kier alpha value is -2.01. The van der Waals surface area contributed by atoms with E-state index in [-0.39, 0.29) is 22.2 Å². The van der Waals surface area contributed by atoms with Crippen molar-refractivity contribution in [2.75, 3.05) is 0 Å². The topological polar surface area (TPSA) is 64.1 Å². The SMILES string of the molecule is O=C(c1ccc(-c2ccccn2)cc1)C1CC2CCC(C1)S2(=O)=O. The van der Waals surface area contributed by atoms with Gasteiger partial charge in [0.15, 0.2) is 15.6 Å². The highest BCUT2D eigenvalue weighted by Gasteiger charge is 2.48.